The molecule has 0 N–H and O–H groups in total. The SMILES string of the molecule is CC(C)c1cccc(-c2cnco2)c1. The Bertz CT molecular complexity index is 404. The van der Waals surface area contributed by atoms with Crippen molar-refractivity contribution in [2.24, 2.45) is 0 Å². The summed E-state index contributed by atoms with van der Waals surface area (Å²) in [5, 5.41) is 0. The van der Waals surface area contributed by atoms with E-state index >= 15 is 0 Å². The Morgan fingerprint density at radius 1 is 1.29 bits per heavy atom. The first-order valence-corrected chi connectivity index (χ1v) is 4.76. The Morgan fingerprint density at radius 3 is 2.79 bits per heavy atom. The highest BCUT2D eigenvalue weighted by Gasteiger charge is 2.04. The molecule has 0 unspecified atom stereocenters. The zero-order valence-corrected chi connectivity index (χ0v) is 8.40. The third kappa shape index (κ3) is 1.69. The van der Waals surface area contributed by atoms with E-state index in [9.17, 15) is 0 Å². The van der Waals surface area contributed by atoms with Crippen LogP contribution in [-0.2, 0) is 0 Å². The molecule has 2 aromatic rings. The van der Waals surface area contributed by atoms with Crippen LogP contribution in [0.25, 0.3) is 11.3 Å². The van der Waals surface area contributed by atoms with Gasteiger partial charge in [-0.15, -0.1) is 0 Å². The van der Waals surface area contributed by atoms with E-state index < -0.39 is 0 Å². The van der Waals surface area contributed by atoms with Crippen LogP contribution in [0.4, 0.5) is 0 Å². The van der Waals surface area contributed by atoms with Crippen molar-refractivity contribution in [3.05, 3.63) is 42.4 Å². The quantitative estimate of drug-likeness (QED) is 0.719. The zero-order valence-electron chi connectivity index (χ0n) is 8.40. The van der Waals surface area contributed by atoms with Crippen molar-refractivity contribution < 1.29 is 4.42 Å². The van der Waals surface area contributed by atoms with E-state index in [1.807, 2.05) is 12.1 Å². The predicted octanol–water partition coefficient (Wildman–Crippen LogP) is 3.47. The maximum absolute atomic E-state index is 5.24. The summed E-state index contributed by atoms with van der Waals surface area (Å²) in [7, 11) is 0. The molecule has 14 heavy (non-hydrogen) atoms. The first-order valence-electron chi connectivity index (χ1n) is 4.76. The molecule has 0 atom stereocenters. The summed E-state index contributed by atoms with van der Waals surface area (Å²) in [5.41, 5.74) is 2.41. The van der Waals surface area contributed by atoms with Crippen molar-refractivity contribution in [1.82, 2.24) is 4.98 Å². The Morgan fingerprint density at radius 2 is 2.14 bits per heavy atom. The van der Waals surface area contributed by atoms with E-state index in [1.165, 1.54) is 12.0 Å². The average molecular weight is 187 g/mol. The zero-order chi connectivity index (χ0) is 9.97. The second-order valence-corrected chi connectivity index (χ2v) is 3.65. The molecule has 1 heterocycles. The Hall–Kier alpha value is -1.57. The van der Waals surface area contributed by atoms with Gasteiger partial charge in [0.05, 0.1) is 6.20 Å². The van der Waals surface area contributed by atoms with Crippen LogP contribution in [-0.4, -0.2) is 4.98 Å². The third-order valence-corrected chi connectivity index (χ3v) is 2.27. The smallest absolute Gasteiger partial charge is 0.181 e. The lowest BCUT2D eigenvalue weighted by Crippen LogP contribution is -1.86. The lowest BCUT2D eigenvalue weighted by atomic mass is 10.0. The molecule has 0 aliphatic carbocycles. The highest BCUT2D eigenvalue weighted by molar-refractivity contribution is 5.57. The molecule has 0 fully saturated rings. The molecule has 0 spiro atoms. The number of nitrogens with zero attached hydrogens (tertiary/aromatic N) is 1. The van der Waals surface area contributed by atoms with E-state index in [1.54, 1.807) is 6.20 Å². The highest BCUT2D eigenvalue weighted by atomic mass is 16.3. The van der Waals surface area contributed by atoms with Gasteiger partial charge >= 0.3 is 0 Å². The van der Waals surface area contributed by atoms with Gasteiger partial charge in [0.15, 0.2) is 12.2 Å². The first kappa shape index (κ1) is 9.00. The number of hydrogen-bond donors (Lipinski definition) is 0. The molecule has 0 saturated carbocycles. The van der Waals surface area contributed by atoms with E-state index in [4.69, 9.17) is 4.42 Å². The summed E-state index contributed by atoms with van der Waals surface area (Å²) in [6.07, 6.45) is 3.19. The molecule has 72 valence electrons. The van der Waals surface area contributed by atoms with E-state index in [-0.39, 0.29) is 0 Å². The van der Waals surface area contributed by atoms with Crippen LogP contribution in [0.3, 0.4) is 0 Å². The average Bonchev–Trinajstić information content (AvgIpc) is 2.71. The number of rotatable bonds is 2. The molecule has 0 amide bonds. The molecule has 0 bridgehead atoms. The molecule has 0 aliphatic heterocycles. The molecule has 0 saturated heterocycles. The van der Waals surface area contributed by atoms with Gasteiger partial charge in [-0.3, -0.25) is 0 Å². The van der Waals surface area contributed by atoms with E-state index in [2.05, 4.69) is 31.0 Å². The van der Waals surface area contributed by atoms with Crippen molar-refractivity contribution in [3.63, 3.8) is 0 Å². The summed E-state index contributed by atoms with van der Waals surface area (Å²) in [4.78, 5) is 3.91. The Kier molecular flexibility index (Phi) is 2.35. The minimum atomic E-state index is 0.540. The topological polar surface area (TPSA) is 26.0 Å². The van der Waals surface area contributed by atoms with Crippen LogP contribution in [0.15, 0.2) is 41.3 Å². The molecular weight excluding hydrogens is 174 g/mol. The Balaban J connectivity index is 2.41. The number of benzene rings is 1. The minimum Gasteiger partial charge on any atom is -0.444 e. The molecule has 1 aromatic heterocycles. The van der Waals surface area contributed by atoms with E-state index in [0.29, 0.717) is 5.92 Å². The summed E-state index contributed by atoms with van der Waals surface area (Å²) < 4.78 is 5.24. The van der Waals surface area contributed by atoms with Crippen molar-refractivity contribution in [1.29, 1.82) is 0 Å². The highest BCUT2D eigenvalue weighted by Crippen LogP contribution is 2.23. The fourth-order valence-corrected chi connectivity index (χ4v) is 1.41. The molecule has 1 aromatic carbocycles. The standard InChI is InChI=1S/C12H13NO/c1-9(2)10-4-3-5-11(6-10)12-7-13-8-14-12/h3-9H,1-2H3. The molecule has 0 radical (unpaired) electrons. The summed E-state index contributed by atoms with van der Waals surface area (Å²) in [6.45, 7) is 4.36. The van der Waals surface area contributed by atoms with Crippen molar-refractivity contribution in [2.75, 3.05) is 0 Å². The van der Waals surface area contributed by atoms with Crippen LogP contribution in [0.2, 0.25) is 0 Å². The van der Waals surface area contributed by atoms with Gasteiger partial charge in [-0.05, 0) is 17.5 Å². The van der Waals surface area contributed by atoms with Gasteiger partial charge in [0.25, 0.3) is 0 Å². The number of oxazole rings is 1. The lowest BCUT2D eigenvalue weighted by molar-refractivity contribution is 0.572. The van der Waals surface area contributed by atoms with Gasteiger partial charge in [-0.25, -0.2) is 4.98 Å². The van der Waals surface area contributed by atoms with Crippen molar-refractivity contribution >= 4 is 0 Å². The second-order valence-electron chi connectivity index (χ2n) is 3.65. The van der Waals surface area contributed by atoms with Crippen LogP contribution in [0.1, 0.15) is 25.3 Å². The molecule has 2 heteroatoms. The van der Waals surface area contributed by atoms with Crippen molar-refractivity contribution in [3.8, 4) is 11.3 Å². The third-order valence-electron chi connectivity index (χ3n) is 2.27. The Labute approximate surface area is 83.6 Å². The second kappa shape index (κ2) is 3.66. The molecule has 2 rings (SSSR count). The van der Waals surface area contributed by atoms with Crippen LogP contribution >= 0.6 is 0 Å². The maximum atomic E-state index is 5.24. The van der Waals surface area contributed by atoms with Crippen LogP contribution in [0, 0.1) is 0 Å². The fourth-order valence-electron chi connectivity index (χ4n) is 1.41. The number of aromatic nitrogens is 1. The largest absolute Gasteiger partial charge is 0.444 e. The van der Waals surface area contributed by atoms with Gasteiger partial charge in [0, 0.05) is 5.56 Å². The minimum absolute atomic E-state index is 0.540. The monoisotopic (exact) mass is 187 g/mol. The summed E-state index contributed by atoms with van der Waals surface area (Å²) in [5.74, 6) is 1.37. The predicted molar refractivity (Wildman–Crippen MR) is 56.0 cm³/mol. The molecule has 0 aliphatic rings. The lowest BCUT2D eigenvalue weighted by Gasteiger charge is -2.05. The maximum Gasteiger partial charge on any atom is 0.181 e. The normalized spacial score (nSPS) is 10.8. The van der Waals surface area contributed by atoms with Gasteiger partial charge in [-0.2, -0.15) is 0 Å². The first-order chi connectivity index (χ1) is 6.77. The molecular formula is C12H13NO. The summed E-state index contributed by atoms with van der Waals surface area (Å²) >= 11 is 0. The van der Waals surface area contributed by atoms with Crippen molar-refractivity contribution in [2.45, 2.75) is 19.8 Å². The fraction of sp³-hybridized carbons (Fsp3) is 0.250. The van der Waals surface area contributed by atoms with Crippen LogP contribution in [0.5, 0.6) is 0 Å². The van der Waals surface area contributed by atoms with Gasteiger partial charge < -0.3 is 4.42 Å². The van der Waals surface area contributed by atoms with Crippen LogP contribution < -0.4 is 0 Å². The van der Waals surface area contributed by atoms with E-state index in [0.717, 1.165) is 11.3 Å². The van der Waals surface area contributed by atoms with Gasteiger partial charge in [0.1, 0.15) is 0 Å². The number of hydrogen-bond acceptors (Lipinski definition) is 2. The van der Waals surface area contributed by atoms with Gasteiger partial charge in [-0.1, -0.05) is 32.0 Å². The summed E-state index contributed by atoms with van der Waals surface area (Å²) in [6, 6.07) is 8.36. The van der Waals surface area contributed by atoms with Gasteiger partial charge in [0.2, 0.25) is 0 Å². The molecule has 2 nitrogen and oxygen atoms in total.